The Morgan fingerprint density at radius 3 is 2.34 bits per heavy atom. The normalized spacial score (nSPS) is 13.6. The Balaban J connectivity index is 1.68. The van der Waals surface area contributed by atoms with Crippen LogP contribution >= 0.6 is 0 Å². The topological polar surface area (TPSA) is 134 Å². The van der Waals surface area contributed by atoms with Gasteiger partial charge < -0.3 is 20.2 Å². The number of nitrogens with two attached hydrogens (primary N) is 1. The van der Waals surface area contributed by atoms with E-state index in [-0.39, 0.29) is 40.4 Å². The standard InChI is InChI=1S/C26H23BF2N2O6S/c1-38(35,36)31(13-14-2-9-20(27(33)34)21(29)10-14)22-12-23-19(11-18(22)15-3-4-15)24(26(30)32)25(37-23)16-5-7-17(28)8-6-16/h2,5-12,15,33-34H,3-4,13H2,1H3,(H2,30,32). The molecule has 12 heteroatoms. The summed E-state index contributed by atoms with van der Waals surface area (Å²) in [6, 6.07) is 12.2. The number of fused-ring (bicyclic) bond motifs is 1. The first-order chi connectivity index (χ1) is 17.9. The van der Waals surface area contributed by atoms with Gasteiger partial charge in [0.1, 0.15) is 23.0 Å². The average Bonchev–Trinajstić information content (AvgIpc) is 3.61. The van der Waals surface area contributed by atoms with Crippen molar-refractivity contribution in [2.24, 2.45) is 5.73 Å². The average molecular weight is 540 g/mol. The fourth-order valence-electron chi connectivity index (χ4n) is 4.56. The van der Waals surface area contributed by atoms with Crippen molar-refractivity contribution in [3.63, 3.8) is 0 Å². The molecule has 1 amide bonds. The molecule has 0 radical (unpaired) electrons. The predicted molar refractivity (Wildman–Crippen MR) is 139 cm³/mol. The quantitative estimate of drug-likeness (QED) is 0.294. The monoisotopic (exact) mass is 540 g/mol. The summed E-state index contributed by atoms with van der Waals surface area (Å²) < 4.78 is 61.0. The van der Waals surface area contributed by atoms with Crippen LogP contribution in [-0.2, 0) is 16.6 Å². The maximum Gasteiger partial charge on any atom is 0.491 e. The molecule has 1 saturated carbocycles. The van der Waals surface area contributed by atoms with Crippen LogP contribution in [0.4, 0.5) is 14.5 Å². The van der Waals surface area contributed by atoms with Gasteiger partial charge >= 0.3 is 7.12 Å². The van der Waals surface area contributed by atoms with Gasteiger partial charge in [-0.25, -0.2) is 17.2 Å². The fraction of sp³-hybridized carbons (Fsp3) is 0.192. The van der Waals surface area contributed by atoms with E-state index < -0.39 is 34.7 Å². The van der Waals surface area contributed by atoms with Crippen LogP contribution < -0.4 is 15.5 Å². The highest BCUT2D eigenvalue weighted by Crippen LogP contribution is 2.48. The van der Waals surface area contributed by atoms with Gasteiger partial charge in [0, 0.05) is 22.5 Å². The Kier molecular flexibility index (Phi) is 6.50. The van der Waals surface area contributed by atoms with Crippen LogP contribution in [0, 0.1) is 11.6 Å². The van der Waals surface area contributed by atoms with Crippen LogP contribution in [-0.4, -0.2) is 37.7 Å². The predicted octanol–water partition coefficient (Wildman–Crippen LogP) is 3.00. The zero-order chi connectivity index (χ0) is 27.4. The van der Waals surface area contributed by atoms with E-state index in [4.69, 9.17) is 10.2 Å². The summed E-state index contributed by atoms with van der Waals surface area (Å²) in [7, 11) is -5.90. The van der Waals surface area contributed by atoms with Crippen molar-refractivity contribution < 1.29 is 36.5 Å². The number of nitrogens with zero attached hydrogens (tertiary/aromatic N) is 1. The summed E-state index contributed by atoms with van der Waals surface area (Å²) in [5.74, 6) is -1.93. The largest absolute Gasteiger partial charge is 0.491 e. The van der Waals surface area contributed by atoms with Gasteiger partial charge in [0.05, 0.1) is 24.1 Å². The van der Waals surface area contributed by atoms with E-state index in [1.807, 2.05) is 0 Å². The second-order valence-corrected chi connectivity index (χ2v) is 11.3. The van der Waals surface area contributed by atoms with Crippen molar-refractivity contribution in [3.8, 4) is 11.3 Å². The number of anilines is 1. The van der Waals surface area contributed by atoms with E-state index >= 15 is 0 Å². The third-order valence-electron chi connectivity index (χ3n) is 6.55. The third kappa shape index (κ3) is 4.90. The van der Waals surface area contributed by atoms with Crippen LogP contribution in [0.3, 0.4) is 0 Å². The number of sulfonamides is 1. The molecule has 196 valence electrons. The van der Waals surface area contributed by atoms with Gasteiger partial charge in [-0.1, -0.05) is 12.1 Å². The second kappa shape index (κ2) is 9.53. The summed E-state index contributed by atoms with van der Waals surface area (Å²) >= 11 is 0. The molecule has 1 aromatic heterocycles. The molecule has 38 heavy (non-hydrogen) atoms. The van der Waals surface area contributed by atoms with Crippen LogP contribution in [0.1, 0.15) is 40.2 Å². The van der Waals surface area contributed by atoms with Gasteiger partial charge in [-0.15, -0.1) is 0 Å². The van der Waals surface area contributed by atoms with E-state index in [1.54, 1.807) is 6.07 Å². The number of furan rings is 1. The van der Waals surface area contributed by atoms with Gasteiger partial charge in [-0.2, -0.15) is 0 Å². The van der Waals surface area contributed by atoms with Crippen LogP contribution in [0.25, 0.3) is 22.3 Å². The lowest BCUT2D eigenvalue weighted by atomic mass is 9.79. The lowest BCUT2D eigenvalue weighted by Gasteiger charge is -2.25. The Hall–Kier alpha value is -3.74. The molecule has 5 rings (SSSR count). The van der Waals surface area contributed by atoms with Gasteiger partial charge in [0.15, 0.2) is 0 Å². The van der Waals surface area contributed by atoms with Gasteiger partial charge in [-0.05, 0) is 66.3 Å². The lowest BCUT2D eigenvalue weighted by molar-refractivity contribution is 0.100. The van der Waals surface area contributed by atoms with Crippen LogP contribution in [0.5, 0.6) is 0 Å². The molecule has 1 aliphatic rings. The third-order valence-corrected chi connectivity index (χ3v) is 7.67. The Morgan fingerprint density at radius 1 is 1.11 bits per heavy atom. The molecule has 0 aliphatic heterocycles. The molecule has 1 fully saturated rings. The van der Waals surface area contributed by atoms with E-state index in [1.165, 1.54) is 42.5 Å². The molecule has 8 nitrogen and oxygen atoms in total. The highest BCUT2D eigenvalue weighted by Gasteiger charge is 2.33. The summed E-state index contributed by atoms with van der Waals surface area (Å²) in [6.45, 7) is -0.239. The van der Waals surface area contributed by atoms with E-state index in [2.05, 4.69) is 0 Å². The summed E-state index contributed by atoms with van der Waals surface area (Å²) in [5.41, 5.74) is 7.36. The van der Waals surface area contributed by atoms with Crippen molar-refractivity contribution in [1.82, 2.24) is 0 Å². The summed E-state index contributed by atoms with van der Waals surface area (Å²) in [4.78, 5) is 12.5. The Morgan fingerprint density at radius 2 is 1.79 bits per heavy atom. The number of halogens is 2. The van der Waals surface area contributed by atoms with Gasteiger partial charge in [-0.3, -0.25) is 9.10 Å². The summed E-state index contributed by atoms with van der Waals surface area (Å²) in [5, 5.41) is 19.0. The molecule has 1 aliphatic carbocycles. The first-order valence-corrected chi connectivity index (χ1v) is 13.6. The minimum absolute atomic E-state index is 0.0344. The number of benzene rings is 3. The van der Waals surface area contributed by atoms with E-state index in [0.717, 1.165) is 29.5 Å². The number of hydrogen-bond acceptors (Lipinski definition) is 6. The molecule has 1 heterocycles. The number of carbonyl (C=O) groups excluding carboxylic acids is 1. The zero-order valence-electron chi connectivity index (χ0n) is 20.2. The highest BCUT2D eigenvalue weighted by atomic mass is 32.2. The maximum absolute atomic E-state index is 14.4. The maximum atomic E-state index is 14.4. The van der Waals surface area contributed by atoms with Gasteiger partial charge in [0.25, 0.3) is 5.91 Å². The Bertz CT molecular complexity index is 1670. The SMILES string of the molecule is CS(=O)(=O)N(Cc1ccc(B(O)O)c(F)c1)c1cc2oc(-c3ccc(F)cc3)c(C(N)=O)c2cc1C1CC1. The molecule has 0 spiro atoms. The highest BCUT2D eigenvalue weighted by molar-refractivity contribution is 7.92. The number of hydrogen-bond donors (Lipinski definition) is 3. The van der Waals surface area contributed by atoms with Gasteiger partial charge in [0.2, 0.25) is 10.0 Å². The van der Waals surface area contributed by atoms with E-state index in [9.17, 15) is 32.0 Å². The molecule has 0 bridgehead atoms. The van der Waals surface area contributed by atoms with Crippen molar-refractivity contribution in [3.05, 3.63) is 82.9 Å². The molecular weight excluding hydrogens is 517 g/mol. The number of amides is 1. The second-order valence-electron chi connectivity index (χ2n) is 9.36. The van der Waals surface area contributed by atoms with E-state index in [0.29, 0.717) is 22.2 Å². The van der Waals surface area contributed by atoms with Crippen molar-refractivity contribution >= 4 is 45.2 Å². The molecule has 4 aromatic rings. The smallest absolute Gasteiger partial charge is 0.455 e. The molecule has 0 atom stereocenters. The number of primary amides is 1. The van der Waals surface area contributed by atoms with Crippen molar-refractivity contribution in [2.45, 2.75) is 25.3 Å². The van der Waals surface area contributed by atoms with Crippen molar-refractivity contribution in [2.75, 3.05) is 10.6 Å². The Labute approximate surface area is 217 Å². The molecular formula is C26H23BF2N2O6S. The first-order valence-electron chi connectivity index (χ1n) is 11.7. The van der Waals surface area contributed by atoms with Crippen molar-refractivity contribution in [1.29, 1.82) is 0 Å². The molecule has 0 unspecified atom stereocenters. The zero-order valence-corrected chi connectivity index (χ0v) is 21.0. The minimum atomic E-state index is -3.89. The molecule has 0 saturated heterocycles. The van der Waals surface area contributed by atoms with Crippen LogP contribution in [0.2, 0.25) is 0 Å². The number of rotatable bonds is 8. The minimum Gasteiger partial charge on any atom is -0.455 e. The number of carbonyl (C=O) groups is 1. The fourth-order valence-corrected chi connectivity index (χ4v) is 5.46. The van der Waals surface area contributed by atoms with Crippen LogP contribution in [0.15, 0.2) is 59.0 Å². The molecule has 4 N–H and O–H groups in total. The first kappa shape index (κ1) is 25.9. The summed E-state index contributed by atoms with van der Waals surface area (Å²) in [6.07, 6.45) is 2.64. The molecule has 3 aromatic carbocycles. The lowest BCUT2D eigenvalue weighted by Crippen LogP contribution is -2.34.